The number of carbonyl (C=O) groups excluding carboxylic acids is 3. The van der Waals surface area contributed by atoms with Crippen molar-refractivity contribution >= 4 is 17.9 Å². The van der Waals surface area contributed by atoms with Gasteiger partial charge < -0.3 is 33.3 Å². The molecule has 0 N–H and O–H groups in total. The second kappa shape index (κ2) is 76.0. The number of carboxylic acid groups (broad SMARTS) is 1. The van der Waals surface area contributed by atoms with Crippen LogP contribution in [0.3, 0.4) is 0 Å². The number of allylic oxidation sites excluding steroid dienone is 8. The number of hydrogen-bond donors (Lipinski definition) is 0. The molecule has 0 fully saturated rings. The normalized spacial score (nSPS) is 12.8. The quantitative estimate of drug-likeness (QED) is 0.0195. The van der Waals surface area contributed by atoms with E-state index < -0.39 is 24.3 Å². The molecule has 0 aromatic rings. The van der Waals surface area contributed by atoms with Crippen LogP contribution in [0.4, 0.5) is 0 Å². The molecule has 9 heteroatoms. The number of esters is 2. The molecule has 2 atom stereocenters. The third kappa shape index (κ3) is 76.6. The molecule has 0 saturated heterocycles. The summed E-state index contributed by atoms with van der Waals surface area (Å²) < 4.78 is 22.9. The zero-order valence-electron chi connectivity index (χ0n) is 63.4. The summed E-state index contributed by atoms with van der Waals surface area (Å²) in [5.41, 5.74) is 0. The molecular weight excluding hydrogens is 1160 g/mol. The van der Waals surface area contributed by atoms with E-state index in [4.69, 9.17) is 18.9 Å². The molecule has 0 bridgehead atoms. The molecule has 0 saturated carbocycles. The molecule has 0 amide bonds. The predicted octanol–water partition coefficient (Wildman–Crippen LogP) is 25.1. The Hall–Kier alpha value is -2.75. The van der Waals surface area contributed by atoms with E-state index in [0.717, 1.165) is 64.2 Å². The average molecular weight is 1320 g/mol. The van der Waals surface area contributed by atoms with E-state index in [1.807, 2.05) is 21.1 Å². The van der Waals surface area contributed by atoms with Gasteiger partial charge in [0, 0.05) is 12.8 Å². The van der Waals surface area contributed by atoms with Crippen LogP contribution in [0.25, 0.3) is 0 Å². The van der Waals surface area contributed by atoms with Crippen LogP contribution >= 0.6 is 0 Å². The third-order valence-corrected chi connectivity index (χ3v) is 18.8. The van der Waals surface area contributed by atoms with Gasteiger partial charge in [0.05, 0.1) is 40.3 Å². The Kier molecular flexibility index (Phi) is 73.8. The summed E-state index contributed by atoms with van der Waals surface area (Å²) in [5.74, 6) is -2.25. The van der Waals surface area contributed by atoms with Gasteiger partial charge in [-0.15, -0.1) is 0 Å². The Balaban J connectivity index is 3.93. The zero-order valence-corrected chi connectivity index (χ0v) is 63.4. The van der Waals surface area contributed by atoms with Crippen molar-refractivity contribution in [1.29, 1.82) is 0 Å². The van der Waals surface area contributed by atoms with Crippen LogP contribution in [0.1, 0.15) is 418 Å². The number of ether oxygens (including phenoxy) is 4. The topological polar surface area (TPSA) is 111 Å². The van der Waals surface area contributed by atoms with Crippen LogP contribution in [0, 0.1) is 0 Å². The first kappa shape index (κ1) is 91.2. The van der Waals surface area contributed by atoms with Crippen LogP contribution in [-0.4, -0.2) is 82.3 Å². The van der Waals surface area contributed by atoms with Gasteiger partial charge in [-0.3, -0.25) is 9.59 Å². The summed E-state index contributed by atoms with van der Waals surface area (Å²) in [6, 6.07) is 0. The average Bonchev–Trinajstić information content (AvgIpc) is 3.76. The fraction of sp³-hybridized carbons (Fsp3) is 0.871. The summed E-state index contributed by atoms with van der Waals surface area (Å²) >= 11 is 0. The largest absolute Gasteiger partial charge is 0.545 e. The molecule has 0 aromatic heterocycles. The first-order valence-corrected chi connectivity index (χ1v) is 41.3. The lowest BCUT2D eigenvalue weighted by Crippen LogP contribution is -2.44. The molecule has 94 heavy (non-hydrogen) atoms. The third-order valence-electron chi connectivity index (χ3n) is 18.8. The summed E-state index contributed by atoms with van der Waals surface area (Å²) in [6.45, 7) is 4.72. The Morgan fingerprint density at radius 1 is 0.330 bits per heavy atom. The Bertz CT molecular complexity index is 1680. The summed E-state index contributed by atoms with van der Waals surface area (Å²) in [6.07, 6.45) is 96.9. The number of aliphatic carboxylic acids is 1. The highest BCUT2D eigenvalue weighted by atomic mass is 16.7. The van der Waals surface area contributed by atoms with Crippen LogP contribution in [-0.2, 0) is 33.3 Å². The second-order valence-electron chi connectivity index (χ2n) is 29.4. The van der Waals surface area contributed by atoms with Gasteiger partial charge >= 0.3 is 11.9 Å². The summed E-state index contributed by atoms with van der Waals surface area (Å²) in [4.78, 5) is 37.6. The maximum Gasteiger partial charge on any atom is 0.306 e. The number of nitrogens with zero attached hydrogens (tertiary/aromatic N) is 1. The van der Waals surface area contributed by atoms with Crippen LogP contribution in [0.15, 0.2) is 48.6 Å². The molecule has 0 heterocycles. The smallest absolute Gasteiger partial charge is 0.306 e. The molecule has 0 radical (unpaired) electrons. The number of quaternary nitrogens is 1. The van der Waals surface area contributed by atoms with Crippen molar-refractivity contribution < 1.29 is 42.9 Å². The number of unbranched alkanes of at least 4 members (excludes halogenated alkanes) is 55. The predicted molar refractivity (Wildman–Crippen MR) is 403 cm³/mol. The van der Waals surface area contributed by atoms with Gasteiger partial charge in [-0.05, 0) is 51.4 Å². The molecule has 0 spiro atoms. The molecule has 9 nitrogen and oxygen atoms in total. The van der Waals surface area contributed by atoms with Crippen molar-refractivity contribution in [2.75, 3.05) is 47.5 Å². The fourth-order valence-electron chi connectivity index (χ4n) is 12.6. The number of likely N-dealkylation sites (N-methyl/N-ethyl adjacent to an activating group) is 1. The number of carboxylic acids is 1. The van der Waals surface area contributed by atoms with E-state index in [1.54, 1.807) is 0 Å². The van der Waals surface area contributed by atoms with Crippen molar-refractivity contribution in [2.24, 2.45) is 0 Å². The molecular formula is C85H159NO8. The van der Waals surface area contributed by atoms with Crippen molar-refractivity contribution in [3.05, 3.63) is 48.6 Å². The Morgan fingerprint density at radius 2 is 0.606 bits per heavy atom. The maximum atomic E-state index is 13.0. The van der Waals surface area contributed by atoms with Gasteiger partial charge in [0.2, 0.25) is 0 Å². The fourth-order valence-corrected chi connectivity index (χ4v) is 12.6. The van der Waals surface area contributed by atoms with Crippen LogP contribution in [0.5, 0.6) is 0 Å². The molecule has 2 unspecified atom stereocenters. The minimum absolute atomic E-state index is 0.152. The first-order valence-electron chi connectivity index (χ1n) is 41.3. The molecule has 0 aromatic carbocycles. The first-order chi connectivity index (χ1) is 46.1. The number of rotatable bonds is 78. The van der Waals surface area contributed by atoms with E-state index in [1.165, 1.54) is 327 Å². The highest BCUT2D eigenvalue weighted by molar-refractivity contribution is 5.70. The summed E-state index contributed by atoms with van der Waals surface area (Å²) in [7, 11) is 5.95. The standard InChI is InChI=1S/C85H159NO8/c1-6-8-10-12-14-16-18-20-22-24-26-28-30-32-34-36-38-39-40-41-42-43-44-45-46-48-50-52-54-56-58-60-62-64-66-68-70-72-74-76-83(88)94-81(80-93-85(84(89)90)91-78-77-86(3,4)5)79-92-82(87)75-73-71-69-67-65-63-61-59-57-55-53-51-49-47-37-35-33-31-29-27-25-23-21-19-17-15-13-11-9-7-2/h8,10,14,16,20,22,26,28,81,85H,6-7,9,11-13,15,17-19,21,23-25,27,29-80H2,1-5H3/b10-8-,16-14-,22-20-,28-26-. The minimum atomic E-state index is -1.62. The van der Waals surface area contributed by atoms with Crippen molar-refractivity contribution in [3.8, 4) is 0 Å². The lowest BCUT2D eigenvalue weighted by Gasteiger charge is -2.26. The van der Waals surface area contributed by atoms with Crippen molar-refractivity contribution in [1.82, 2.24) is 0 Å². The van der Waals surface area contributed by atoms with E-state index in [0.29, 0.717) is 17.4 Å². The zero-order chi connectivity index (χ0) is 68.2. The van der Waals surface area contributed by atoms with E-state index >= 15 is 0 Å². The van der Waals surface area contributed by atoms with Crippen molar-refractivity contribution in [2.45, 2.75) is 431 Å². The molecule has 552 valence electrons. The van der Waals surface area contributed by atoms with E-state index in [9.17, 15) is 19.5 Å². The van der Waals surface area contributed by atoms with Gasteiger partial charge in [0.1, 0.15) is 13.2 Å². The lowest BCUT2D eigenvalue weighted by molar-refractivity contribution is -0.870. The minimum Gasteiger partial charge on any atom is -0.545 e. The second-order valence-corrected chi connectivity index (χ2v) is 29.4. The van der Waals surface area contributed by atoms with Crippen LogP contribution in [0.2, 0.25) is 0 Å². The van der Waals surface area contributed by atoms with E-state index in [-0.39, 0.29) is 32.2 Å². The van der Waals surface area contributed by atoms with Gasteiger partial charge in [-0.25, -0.2) is 0 Å². The van der Waals surface area contributed by atoms with Crippen molar-refractivity contribution in [3.63, 3.8) is 0 Å². The monoisotopic (exact) mass is 1320 g/mol. The highest BCUT2D eigenvalue weighted by Crippen LogP contribution is 2.20. The Morgan fingerprint density at radius 3 is 0.904 bits per heavy atom. The summed E-state index contributed by atoms with van der Waals surface area (Å²) in [5, 5.41) is 11.9. The lowest BCUT2D eigenvalue weighted by atomic mass is 10.0. The number of carbonyl (C=O) groups is 3. The Labute approximate surface area is 584 Å². The highest BCUT2D eigenvalue weighted by Gasteiger charge is 2.22. The van der Waals surface area contributed by atoms with Gasteiger partial charge in [-0.2, -0.15) is 0 Å². The van der Waals surface area contributed by atoms with Crippen LogP contribution < -0.4 is 5.11 Å². The molecule has 0 aliphatic rings. The maximum absolute atomic E-state index is 13.0. The number of hydrogen-bond acceptors (Lipinski definition) is 8. The molecule has 0 aliphatic carbocycles. The van der Waals surface area contributed by atoms with Gasteiger partial charge in [0.25, 0.3) is 0 Å². The van der Waals surface area contributed by atoms with Gasteiger partial charge in [0.15, 0.2) is 12.4 Å². The molecule has 0 rings (SSSR count). The van der Waals surface area contributed by atoms with Gasteiger partial charge in [-0.1, -0.05) is 403 Å². The SMILES string of the molecule is CC/C=C\C/C=C\C/C=C\C/C=C\CCCCCCCCCCCCCCCCCCCCCCCCCCCCC(=O)OC(COC(=O)CCCCCCCCCCCCCCCCCCCCCCCCCCCCCCCC)COC(OCC[N+](C)(C)C)C(=O)[O-]. The van der Waals surface area contributed by atoms with E-state index in [2.05, 4.69) is 62.5 Å². The molecule has 0 aliphatic heterocycles.